The van der Waals surface area contributed by atoms with Gasteiger partial charge in [0.25, 0.3) is 0 Å². The van der Waals surface area contributed by atoms with E-state index in [1.54, 1.807) is 4.90 Å². The molecule has 5 nitrogen and oxygen atoms in total. The molecular formula is C16H18FN3O2. The van der Waals surface area contributed by atoms with Crippen molar-refractivity contribution in [3.05, 3.63) is 30.1 Å². The molecule has 1 N–H and O–H groups in total. The second-order valence-electron chi connectivity index (χ2n) is 5.59. The lowest BCUT2D eigenvalue weighted by Gasteiger charge is -2.19. The number of nitrogens with zero attached hydrogens (tertiary/aromatic N) is 2. The van der Waals surface area contributed by atoms with Crippen LogP contribution in [0.3, 0.4) is 0 Å². The summed E-state index contributed by atoms with van der Waals surface area (Å²) in [6.45, 7) is 2.56. The Morgan fingerprint density at radius 1 is 1.36 bits per heavy atom. The summed E-state index contributed by atoms with van der Waals surface area (Å²) in [7, 11) is 0. The molecule has 2 unspecified atom stereocenters. The first kappa shape index (κ1) is 16.0. The third-order valence-electron chi connectivity index (χ3n) is 3.67. The summed E-state index contributed by atoms with van der Waals surface area (Å²) < 4.78 is 12.8. The van der Waals surface area contributed by atoms with Crippen LogP contribution in [0, 0.1) is 23.1 Å². The molecule has 2 atom stereocenters. The van der Waals surface area contributed by atoms with Crippen LogP contribution >= 0.6 is 0 Å². The lowest BCUT2D eigenvalue weighted by molar-refractivity contribution is -0.132. The van der Waals surface area contributed by atoms with Crippen LogP contribution in [-0.2, 0) is 9.59 Å². The number of carbonyl (C=O) groups excluding carboxylic acids is 2. The van der Waals surface area contributed by atoms with Gasteiger partial charge in [0.05, 0.1) is 6.07 Å². The van der Waals surface area contributed by atoms with E-state index in [0.717, 1.165) is 0 Å². The van der Waals surface area contributed by atoms with Gasteiger partial charge in [-0.05, 0) is 36.6 Å². The van der Waals surface area contributed by atoms with E-state index < -0.39 is 0 Å². The highest BCUT2D eigenvalue weighted by atomic mass is 19.1. The number of nitriles is 1. The number of amides is 2. The second kappa shape index (κ2) is 7.03. The van der Waals surface area contributed by atoms with E-state index in [1.807, 2.05) is 6.92 Å². The quantitative estimate of drug-likeness (QED) is 0.927. The fraction of sp³-hybridized carbons (Fsp3) is 0.438. The molecule has 1 saturated heterocycles. The Bertz CT molecular complexity index is 594. The smallest absolute Gasteiger partial charge is 0.224 e. The number of halogens is 1. The minimum absolute atomic E-state index is 0.0409. The van der Waals surface area contributed by atoms with Crippen LogP contribution in [0.2, 0.25) is 0 Å². The molecule has 0 radical (unpaired) electrons. The molecule has 6 heteroatoms. The Kier molecular flexibility index (Phi) is 5.10. The summed E-state index contributed by atoms with van der Waals surface area (Å²) >= 11 is 0. The number of hydrogen-bond acceptors (Lipinski definition) is 3. The van der Waals surface area contributed by atoms with Crippen LogP contribution < -0.4 is 5.32 Å². The van der Waals surface area contributed by atoms with Gasteiger partial charge >= 0.3 is 0 Å². The van der Waals surface area contributed by atoms with E-state index in [4.69, 9.17) is 5.26 Å². The van der Waals surface area contributed by atoms with Gasteiger partial charge in [0.1, 0.15) is 11.9 Å². The molecule has 1 aromatic carbocycles. The Morgan fingerprint density at radius 2 is 2.05 bits per heavy atom. The molecule has 22 heavy (non-hydrogen) atoms. The summed E-state index contributed by atoms with van der Waals surface area (Å²) in [4.78, 5) is 25.4. The van der Waals surface area contributed by atoms with Crippen LogP contribution in [-0.4, -0.2) is 29.3 Å². The van der Waals surface area contributed by atoms with Crippen molar-refractivity contribution in [2.75, 3.05) is 11.9 Å². The van der Waals surface area contributed by atoms with Crippen molar-refractivity contribution in [2.24, 2.45) is 5.92 Å². The van der Waals surface area contributed by atoms with Gasteiger partial charge in [0.15, 0.2) is 0 Å². The molecule has 1 aliphatic rings. The number of benzene rings is 1. The number of carbonyl (C=O) groups is 2. The van der Waals surface area contributed by atoms with E-state index in [0.29, 0.717) is 24.6 Å². The third kappa shape index (κ3) is 4.04. The second-order valence-corrected chi connectivity index (χ2v) is 5.59. The van der Waals surface area contributed by atoms with E-state index in [1.165, 1.54) is 24.3 Å². The predicted molar refractivity (Wildman–Crippen MR) is 79.2 cm³/mol. The SMILES string of the molecule is CC1CC(C#N)N(C(=O)CCC(=O)Nc2ccc(F)cc2)C1. The first-order valence-electron chi connectivity index (χ1n) is 7.24. The van der Waals surface area contributed by atoms with Gasteiger partial charge in [0.2, 0.25) is 11.8 Å². The summed E-state index contributed by atoms with van der Waals surface area (Å²) in [6.07, 6.45) is 0.793. The topological polar surface area (TPSA) is 73.2 Å². The van der Waals surface area contributed by atoms with Crippen LogP contribution in [0.4, 0.5) is 10.1 Å². The number of hydrogen-bond donors (Lipinski definition) is 1. The maximum Gasteiger partial charge on any atom is 0.224 e. The zero-order valence-electron chi connectivity index (χ0n) is 12.4. The van der Waals surface area contributed by atoms with Crippen molar-refractivity contribution in [1.29, 1.82) is 5.26 Å². The normalized spacial score (nSPS) is 20.5. The molecule has 1 aromatic rings. The van der Waals surface area contributed by atoms with Gasteiger partial charge in [-0.1, -0.05) is 6.92 Å². The van der Waals surface area contributed by atoms with Crippen molar-refractivity contribution in [2.45, 2.75) is 32.2 Å². The highest BCUT2D eigenvalue weighted by Crippen LogP contribution is 2.23. The summed E-state index contributed by atoms with van der Waals surface area (Å²) in [5, 5.41) is 11.7. The number of likely N-dealkylation sites (tertiary alicyclic amines) is 1. The average molecular weight is 303 g/mol. The van der Waals surface area contributed by atoms with E-state index in [9.17, 15) is 14.0 Å². The first-order chi connectivity index (χ1) is 10.5. The Balaban J connectivity index is 1.82. The van der Waals surface area contributed by atoms with Crippen LogP contribution in [0.1, 0.15) is 26.2 Å². The maximum atomic E-state index is 12.8. The zero-order valence-corrected chi connectivity index (χ0v) is 12.4. The molecule has 2 amide bonds. The minimum atomic E-state index is -0.386. The fourth-order valence-electron chi connectivity index (χ4n) is 2.56. The molecule has 0 aliphatic carbocycles. The molecular weight excluding hydrogens is 285 g/mol. The van der Waals surface area contributed by atoms with Gasteiger partial charge < -0.3 is 10.2 Å². The van der Waals surface area contributed by atoms with Crippen molar-refractivity contribution < 1.29 is 14.0 Å². The summed E-state index contributed by atoms with van der Waals surface area (Å²) in [5.74, 6) is -0.550. The van der Waals surface area contributed by atoms with Gasteiger partial charge in [-0.2, -0.15) is 5.26 Å². The lowest BCUT2D eigenvalue weighted by Crippen LogP contribution is -2.35. The minimum Gasteiger partial charge on any atom is -0.326 e. The Labute approximate surface area is 128 Å². The molecule has 1 heterocycles. The molecule has 0 saturated carbocycles. The van der Waals surface area contributed by atoms with E-state index in [-0.39, 0.29) is 36.5 Å². The summed E-state index contributed by atoms with van der Waals surface area (Å²) in [6, 6.07) is 7.17. The van der Waals surface area contributed by atoms with E-state index >= 15 is 0 Å². The van der Waals surface area contributed by atoms with Crippen molar-refractivity contribution in [3.8, 4) is 6.07 Å². The van der Waals surface area contributed by atoms with E-state index in [2.05, 4.69) is 11.4 Å². The Morgan fingerprint density at radius 3 is 2.68 bits per heavy atom. The highest BCUT2D eigenvalue weighted by molar-refractivity contribution is 5.93. The molecule has 2 rings (SSSR count). The molecule has 116 valence electrons. The monoisotopic (exact) mass is 303 g/mol. The lowest BCUT2D eigenvalue weighted by atomic mass is 10.1. The third-order valence-corrected chi connectivity index (χ3v) is 3.67. The maximum absolute atomic E-state index is 12.8. The van der Waals surface area contributed by atoms with Gasteiger partial charge in [-0.25, -0.2) is 4.39 Å². The van der Waals surface area contributed by atoms with Crippen molar-refractivity contribution in [1.82, 2.24) is 4.90 Å². The van der Waals surface area contributed by atoms with Gasteiger partial charge in [0, 0.05) is 25.1 Å². The molecule has 1 fully saturated rings. The van der Waals surface area contributed by atoms with Gasteiger partial charge in [-0.3, -0.25) is 9.59 Å². The number of nitrogens with one attached hydrogen (secondary N) is 1. The molecule has 1 aliphatic heterocycles. The number of anilines is 1. The average Bonchev–Trinajstić information content (AvgIpc) is 2.88. The molecule has 0 spiro atoms. The van der Waals surface area contributed by atoms with Crippen molar-refractivity contribution in [3.63, 3.8) is 0 Å². The van der Waals surface area contributed by atoms with Crippen LogP contribution in [0.15, 0.2) is 24.3 Å². The van der Waals surface area contributed by atoms with Gasteiger partial charge in [-0.15, -0.1) is 0 Å². The fourth-order valence-corrected chi connectivity index (χ4v) is 2.56. The molecule has 0 aromatic heterocycles. The first-order valence-corrected chi connectivity index (χ1v) is 7.24. The Hall–Kier alpha value is -2.42. The molecule has 0 bridgehead atoms. The largest absolute Gasteiger partial charge is 0.326 e. The zero-order chi connectivity index (χ0) is 16.1. The highest BCUT2D eigenvalue weighted by Gasteiger charge is 2.32. The van der Waals surface area contributed by atoms with Crippen molar-refractivity contribution >= 4 is 17.5 Å². The predicted octanol–water partition coefficient (Wildman–Crippen LogP) is 2.30. The van der Waals surface area contributed by atoms with Crippen LogP contribution in [0.25, 0.3) is 0 Å². The number of rotatable bonds is 4. The van der Waals surface area contributed by atoms with Crippen LogP contribution in [0.5, 0.6) is 0 Å². The summed E-state index contributed by atoms with van der Waals surface area (Å²) in [5.41, 5.74) is 0.489. The standard InChI is InChI=1S/C16H18FN3O2/c1-11-8-14(9-18)20(10-11)16(22)7-6-15(21)19-13-4-2-12(17)3-5-13/h2-5,11,14H,6-8,10H2,1H3,(H,19,21).